The van der Waals surface area contributed by atoms with Crippen LogP contribution in [0.1, 0.15) is 30.7 Å². The first-order valence-electron chi connectivity index (χ1n) is 6.60. The fourth-order valence-corrected chi connectivity index (χ4v) is 3.05. The Labute approximate surface area is 118 Å². The fraction of sp³-hybridized carbons (Fsp3) is 0.333. The van der Waals surface area contributed by atoms with Gasteiger partial charge in [0.1, 0.15) is 5.03 Å². The lowest BCUT2D eigenvalue weighted by atomic mass is 10.0. The number of aromatic nitrogens is 2. The van der Waals surface area contributed by atoms with Crippen molar-refractivity contribution in [1.82, 2.24) is 10.2 Å². The molecule has 2 rings (SSSR count). The predicted octanol–water partition coefficient (Wildman–Crippen LogP) is 3.21. The maximum absolute atomic E-state index is 5.92. The summed E-state index contributed by atoms with van der Waals surface area (Å²) in [5, 5.41) is 9.64. The third kappa shape index (κ3) is 3.14. The fourth-order valence-electron chi connectivity index (χ4n) is 2.12. The van der Waals surface area contributed by atoms with Crippen molar-refractivity contribution in [2.75, 3.05) is 0 Å². The third-order valence-corrected chi connectivity index (χ3v) is 4.11. The number of hydrogen-bond donors (Lipinski definition) is 1. The third-order valence-electron chi connectivity index (χ3n) is 3.08. The number of nitrogens with two attached hydrogens (primary N) is 1. The van der Waals surface area contributed by atoms with E-state index in [0.29, 0.717) is 6.54 Å². The Balaban J connectivity index is 2.40. The molecule has 19 heavy (non-hydrogen) atoms. The van der Waals surface area contributed by atoms with Crippen LogP contribution in [0.4, 0.5) is 0 Å². The first-order chi connectivity index (χ1) is 9.30. The van der Waals surface area contributed by atoms with Crippen LogP contribution in [-0.2, 0) is 19.4 Å². The van der Waals surface area contributed by atoms with Crippen LogP contribution in [-0.4, -0.2) is 10.2 Å². The van der Waals surface area contributed by atoms with Crippen LogP contribution in [0.25, 0.3) is 0 Å². The second-order valence-corrected chi connectivity index (χ2v) is 5.30. The van der Waals surface area contributed by atoms with E-state index in [2.05, 4.69) is 36.2 Å². The summed E-state index contributed by atoms with van der Waals surface area (Å²) >= 11 is 1.63. The molecule has 0 fully saturated rings. The molecule has 4 heteroatoms. The maximum Gasteiger partial charge on any atom is 0.128 e. The summed E-state index contributed by atoms with van der Waals surface area (Å²) < 4.78 is 0. The van der Waals surface area contributed by atoms with Gasteiger partial charge >= 0.3 is 0 Å². The Bertz CT molecular complexity index is 541. The molecule has 2 aromatic rings. The standard InChI is InChI=1S/C15H19N3S/c1-3-12-13(10-16)15(18-17-14(12)4-2)19-11-8-6-5-7-9-11/h5-9H,3-4,10,16H2,1-2H3. The highest BCUT2D eigenvalue weighted by Crippen LogP contribution is 2.30. The Morgan fingerprint density at radius 1 is 1.00 bits per heavy atom. The van der Waals surface area contributed by atoms with Gasteiger partial charge in [-0.15, -0.1) is 5.10 Å². The van der Waals surface area contributed by atoms with E-state index in [9.17, 15) is 0 Å². The van der Waals surface area contributed by atoms with Gasteiger partial charge in [0.15, 0.2) is 0 Å². The summed E-state index contributed by atoms with van der Waals surface area (Å²) in [6, 6.07) is 10.2. The van der Waals surface area contributed by atoms with Crippen LogP contribution in [0.5, 0.6) is 0 Å². The van der Waals surface area contributed by atoms with Gasteiger partial charge in [0.25, 0.3) is 0 Å². The topological polar surface area (TPSA) is 51.8 Å². The van der Waals surface area contributed by atoms with Crippen molar-refractivity contribution in [3.05, 3.63) is 47.2 Å². The molecular formula is C15H19N3S. The van der Waals surface area contributed by atoms with E-state index in [4.69, 9.17) is 5.73 Å². The molecule has 0 aliphatic carbocycles. The van der Waals surface area contributed by atoms with Gasteiger partial charge in [-0.05, 0) is 30.5 Å². The van der Waals surface area contributed by atoms with Crippen LogP contribution in [0.2, 0.25) is 0 Å². The molecule has 0 spiro atoms. The minimum Gasteiger partial charge on any atom is -0.326 e. The summed E-state index contributed by atoms with van der Waals surface area (Å²) in [4.78, 5) is 1.16. The van der Waals surface area contributed by atoms with Crippen molar-refractivity contribution in [1.29, 1.82) is 0 Å². The molecule has 0 atom stereocenters. The van der Waals surface area contributed by atoms with E-state index in [1.54, 1.807) is 11.8 Å². The highest BCUT2D eigenvalue weighted by atomic mass is 32.2. The number of nitrogens with zero attached hydrogens (tertiary/aromatic N) is 2. The van der Waals surface area contributed by atoms with Crippen molar-refractivity contribution < 1.29 is 0 Å². The zero-order valence-corrected chi connectivity index (χ0v) is 12.2. The van der Waals surface area contributed by atoms with Gasteiger partial charge in [-0.2, -0.15) is 5.10 Å². The SMILES string of the molecule is CCc1nnc(Sc2ccccc2)c(CN)c1CC. The molecule has 0 saturated carbocycles. The molecule has 0 bridgehead atoms. The average Bonchev–Trinajstić information content (AvgIpc) is 2.47. The number of benzene rings is 1. The van der Waals surface area contributed by atoms with Crippen molar-refractivity contribution in [3.63, 3.8) is 0 Å². The van der Waals surface area contributed by atoms with Gasteiger partial charge in [0.2, 0.25) is 0 Å². The van der Waals surface area contributed by atoms with E-state index < -0.39 is 0 Å². The smallest absolute Gasteiger partial charge is 0.128 e. The molecular weight excluding hydrogens is 254 g/mol. The molecule has 0 aliphatic rings. The number of aryl methyl sites for hydroxylation is 1. The van der Waals surface area contributed by atoms with E-state index in [1.165, 1.54) is 5.56 Å². The quantitative estimate of drug-likeness (QED) is 0.909. The Hall–Kier alpha value is -1.39. The number of hydrogen-bond acceptors (Lipinski definition) is 4. The Morgan fingerprint density at radius 3 is 2.32 bits per heavy atom. The minimum atomic E-state index is 0.515. The summed E-state index contributed by atoms with van der Waals surface area (Å²) in [6.45, 7) is 4.76. The highest BCUT2D eigenvalue weighted by Gasteiger charge is 2.14. The van der Waals surface area contributed by atoms with E-state index in [0.717, 1.165) is 34.0 Å². The summed E-state index contributed by atoms with van der Waals surface area (Å²) in [5.41, 5.74) is 9.40. The van der Waals surface area contributed by atoms with Crippen LogP contribution in [0.3, 0.4) is 0 Å². The van der Waals surface area contributed by atoms with E-state index in [1.807, 2.05) is 18.2 Å². The van der Waals surface area contributed by atoms with Crippen molar-refractivity contribution in [2.24, 2.45) is 5.73 Å². The summed E-state index contributed by atoms with van der Waals surface area (Å²) in [5.74, 6) is 0. The molecule has 0 amide bonds. The van der Waals surface area contributed by atoms with E-state index in [-0.39, 0.29) is 0 Å². The lowest BCUT2D eigenvalue weighted by Gasteiger charge is -2.13. The summed E-state index contributed by atoms with van der Waals surface area (Å²) in [7, 11) is 0. The van der Waals surface area contributed by atoms with Gasteiger partial charge in [-0.1, -0.05) is 43.8 Å². The zero-order chi connectivity index (χ0) is 13.7. The molecule has 0 saturated heterocycles. The second kappa shape index (κ2) is 6.68. The zero-order valence-electron chi connectivity index (χ0n) is 11.4. The number of rotatable bonds is 5. The summed E-state index contributed by atoms with van der Waals surface area (Å²) in [6.07, 6.45) is 1.85. The Morgan fingerprint density at radius 2 is 1.74 bits per heavy atom. The van der Waals surface area contributed by atoms with Gasteiger partial charge in [-0.3, -0.25) is 0 Å². The van der Waals surface area contributed by atoms with E-state index >= 15 is 0 Å². The molecule has 0 aliphatic heterocycles. The minimum absolute atomic E-state index is 0.515. The van der Waals surface area contributed by atoms with Crippen LogP contribution < -0.4 is 5.73 Å². The average molecular weight is 273 g/mol. The van der Waals surface area contributed by atoms with Crippen molar-refractivity contribution in [2.45, 2.75) is 43.2 Å². The molecule has 0 unspecified atom stereocenters. The molecule has 100 valence electrons. The predicted molar refractivity (Wildman–Crippen MR) is 79.2 cm³/mol. The lowest BCUT2D eigenvalue weighted by Crippen LogP contribution is -2.10. The molecule has 1 aromatic heterocycles. The van der Waals surface area contributed by atoms with Crippen molar-refractivity contribution in [3.8, 4) is 0 Å². The molecule has 2 N–H and O–H groups in total. The largest absolute Gasteiger partial charge is 0.326 e. The first-order valence-corrected chi connectivity index (χ1v) is 7.42. The van der Waals surface area contributed by atoms with Crippen molar-refractivity contribution >= 4 is 11.8 Å². The normalized spacial score (nSPS) is 10.7. The van der Waals surface area contributed by atoms with Gasteiger partial charge in [0, 0.05) is 17.0 Å². The molecule has 1 heterocycles. The van der Waals surface area contributed by atoms with Crippen LogP contribution >= 0.6 is 11.8 Å². The molecule has 3 nitrogen and oxygen atoms in total. The van der Waals surface area contributed by atoms with Crippen LogP contribution in [0, 0.1) is 0 Å². The molecule has 1 aromatic carbocycles. The highest BCUT2D eigenvalue weighted by molar-refractivity contribution is 7.99. The Kier molecular flexibility index (Phi) is 4.93. The first kappa shape index (κ1) is 14.0. The van der Waals surface area contributed by atoms with Gasteiger partial charge < -0.3 is 5.73 Å². The van der Waals surface area contributed by atoms with Gasteiger partial charge in [0.05, 0.1) is 5.69 Å². The second-order valence-electron chi connectivity index (χ2n) is 4.24. The van der Waals surface area contributed by atoms with Gasteiger partial charge in [-0.25, -0.2) is 0 Å². The van der Waals surface area contributed by atoms with Crippen LogP contribution in [0.15, 0.2) is 40.3 Å². The lowest BCUT2D eigenvalue weighted by molar-refractivity contribution is 0.782. The maximum atomic E-state index is 5.92. The molecule has 0 radical (unpaired) electrons. The monoisotopic (exact) mass is 273 g/mol.